The number of methoxy groups -OCH3 is 1. The van der Waals surface area contributed by atoms with Crippen molar-refractivity contribution in [2.75, 3.05) is 31.0 Å². The van der Waals surface area contributed by atoms with Crippen LogP contribution in [0.3, 0.4) is 0 Å². The Kier molecular flexibility index (Phi) is 3.65. The van der Waals surface area contributed by atoms with Gasteiger partial charge in [-0.25, -0.2) is 9.78 Å². The largest absolute Gasteiger partial charge is 0.465 e. The molecule has 0 aliphatic heterocycles. The van der Waals surface area contributed by atoms with Crippen LogP contribution in [0.5, 0.6) is 0 Å². The van der Waals surface area contributed by atoms with Gasteiger partial charge in [0.2, 0.25) is 0 Å². The molecule has 0 spiro atoms. The second kappa shape index (κ2) is 5.06. The third-order valence-electron chi connectivity index (χ3n) is 3.17. The third-order valence-corrected chi connectivity index (χ3v) is 4.59. The SMILES string of the molecule is COC(=O)c1cc(NCC2(SC)CC2)ncc1N. The summed E-state index contributed by atoms with van der Waals surface area (Å²) >= 11 is 1.87. The first-order valence-electron chi connectivity index (χ1n) is 5.73. The van der Waals surface area contributed by atoms with Crippen LogP contribution in [-0.2, 0) is 4.74 Å². The Bertz CT molecular complexity index is 461. The number of ether oxygens (including phenoxy) is 1. The number of hydrogen-bond acceptors (Lipinski definition) is 6. The van der Waals surface area contributed by atoms with Crippen molar-refractivity contribution in [3.8, 4) is 0 Å². The zero-order valence-electron chi connectivity index (χ0n) is 10.5. The van der Waals surface area contributed by atoms with E-state index in [1.54, 1.807) is 6.07 Å². The summed E-state index contributed by atoms with van der Waals surface area (Å²) in [5.41, 5.74) is 6.37. The molecule has 18 heavy (non-hydrogen) atoms. The van der Waals surface area contributed by atoms with Crippen LogP contribution in [0.15, 0.2) is 12.3 Å². The molecule has 1 heterocycles. The summed E-state index contributed by atoms with van der Waals surface area (Å²) in [7, 11) is 1.34. The fourth-order valence-electron chi connectivity index (χ4n) is 1.69. The summed E-state index contributed by atoms with van der Waals surface area (Å²) in [6.45, 7) is 0.853. The van der Waals surface area contributed by atoms with Gasteiger partial charge in [-0.3, -0.25) is 0 Å². The van der Waals surface area contributed by atoms with Crippen LogP contribution in [0.1, 0.15) is 23.2 Å². The minimum atomic E-state index is -0.441. The molecular formula is C12H17N3O2S. The van der Waals surface area contributed by atoms with Crippen molar-refractivity contribution in [2.24, 2.45) is 0 Å². The van der Waals surface area contributed by atoms with Gasteiger partial charge >= 0.3 is 5.97 Å². The highest BCUT2D eigenvalue weighted by Crippen LogP contribution is 2.46. The lowest BCUT2D eigenvalue weighted by Crippen LogP contribution is -2.18. The number of nitrogens with two attached hydrogens (primary N) is 1. The third kappa shape index (κ3) is 2.69. The van der Waals surface area contributed by atoms with Crippen LogP contribution in [0, 0.1) is 0 Å². The summed E-state index contributed by atoms with van der Waals surface area (Å²) in [5, 5.41) is 3.25. The number of nitrogens with one attached hydrogen (secondary N) is 1. The summed E-state index contributed by atoms with van der Waals surface area (Å²) in [5.74, 6) is 0.217. The van der Waals surface area contributed by atoms with Gasteiger partial charge in [0, 0.05) is 11.3 Å². The number of thioether (sulfide) groups is 1. The molecule has 3 N–H and O–H groups in total. The Morgan fingerprint density at radius 3 is 2.94 bits per heavy atom. The Balaban J connectivity index is 2.07. The zero-order chi connectivity index (χ0) is 13.2. The lowest BCUT2D eigenvalue weighted by Gasteiger charge is -2.14. The molecule has 0 aromatic carbocycles. The number of esters is 1. The van der Waals surface area contributed by atoms with E-state index in [2.05, 4.69) is 21.3 Å². The maximum absolute atomic E-state index is 11.5. The van der Waals surface area contributed by atoms with Gasteiger partial charge in [0.1, 0.15) is 5.82 Å². The second-order valence-corrected chi connectivity index (χ2v) is 5.66. The Labute approximate surface area is 110 Å². The summed E-state index contributed by atoms with van der Waals surface area (Å²) < 4.78 is 5.01. The van der Waals surface area contributed by atoms with Crippen LogP contribution in [0.25, 0.3) is 0 Å². The van der Waals surface area contributed by atoms with Crippen molar-refractivity contribution < 1.29 is 9.53 Å². The number of nitrogens with zero attached hydrogens (tertiary/aromatic N) is 1. The van der Waals surface area contributed by atoms with Crippen molar-refractivity contribution >= 4 is 29.2 Å². The van der Waals surface area contributed by atoms with Gasteiger partial charge in [-0.2, -0.15) is 11.8 Å². The van der Waals surface area contributed by atoms with Gasteiger partial charge in [0.05, 0.1) is 24.6 Å². The van der Waals surface area contributed by atoms with Gasteiger partial charge in [0.15, 0.2) is 0 Å². The normalized spacial score (nSPS) is 16.1. The first kappa shape index (κ1) is 13.0. The molecule has 5 nitrogen and oxygen atoms in total. The van der Waals surface area contributed by atoms with Gasteiger partial charge in [0.25, 0.3) is 0 Å². The molecule has 0 unspecified atom stereocenters. The number of nitrogen functional groups attached to an aromatic ring is 1. The number of hydrogen-bond donors (Lipinski definition) is 2. The fourth-order valence-corrected chi connectivity index (χ4v) is 2.42. The topological polar surface area (TPSA) is 77.2 Å². The molecule has 1 fully saturated rings. The highest BCUT2D eigenvalue weighted by Gasteiger charge is 2.41. The van der Waals surface area contributed by atoms with E-state index in [0.29, 0.717) is 21.8 Å². The number of anilines is 2. The Morgan fingerprint density at radius 1 is 1.67 bits per heavy atom. The predicted molar refractivity (Wildman–Crippen MR) is 74.0 cm³/mol. The molecule has 1 saturated carbocycles. The van der Waals surface area contributed by atoms with Crippen molar-refractivity contribution in [1.29, 1.82) is 0 Å². The van der Waals surface area contributed by atoms with Crippen molar-refractivity contribution in [3.05, 3.63) is 17.8 Å². The average molecular weight is 267 g/mol. The number of aromatic nitrogens is 1. The van der Waals surface area contributed by atoms with Crippen LogP contribution in [0.4, 0.5) is 11.5 Å². The maximum atomic E-state index is 11.5. The average Bonchev–Trinajstić information content (AvgIpc) is 3.17. The van der Waals surface area contributed by atoms with E-state index in [1.165, 1.54) is 26.1 Å². The van der Waals surface area contributed by atoms with Gasteiger partial charge < -0.3 is 15.8 Å². The highest BCUT2D eigenvalue weighted by molar-refractivity contribution is 8.00. The van der Waals surface area contributed by atoms with E-state index in [-0.39, 0.29) is 0 Å². The number of carbonyl (C=O) groups is 1. The minimum absolute atomic E-state index is 0.332. The lowest BCUT2D eigenvalue weighted by molar-refractivity contribution is 0.0602. The quantitative estimate of drug-likeness (QED) is 0.792. The molecule has 1 aromatic heterocycles. The highest BCUT2D eigenvalue weighted by atomic mass is 32.2. The van der Waals surface area contributed by atoms with Crippen LogP contribution in [-0.4, -0.2) is 35.6 Å². The molecule has 2 rings (SSSR count). The number of pyridine rings is 1. The summed E-state index contributed by atoms with van der Waals surface area (Å²) in [6.07, 6.45) is 6.04. The van der Waals surface area contributed by atoms with Crippen LogP contribution < -0.4 is 11.1 Å². The van der Waals surface area contributed by atoms with Crippen molar-refractivity contribution in [2.45, 2.75) is 17.6 Å². The molecular weight excluding hydrogens is 250 g/mol. The zero-order valence-corrected chi connectivity index (χ0v) is 11.3. The van der Waals surface area contributed by atoms with Crippen LogP contribution >= 0.6 is 11.8 Å². The minimum Gasteiger partial charge on any atom is -0.465 e. The molecule has 98 valence electrons. The van der Waals surface area contributed by atoms with Gasteiger partial charge in [-0.05, 0) is 25.2 Å². The van der Waals surface area contributed by atoms with E-state index >= 15 is 0 Å². The van der Waals surface area contributed by atoms with E-state index in [9.17, 15) is 4.79 Å². The molecule has 0 bridgehead atoms. The van der Waals surface area contributed by atoms with Crippen LogP contribution in [0.2, 0.25) is 0 Å². The molecule has 6 heteroatoms. The molecule has 0 amide bonds. The van der Waals surface area contributed by atoms with E-state index in [4.69, 9.17) is 5.73 Å². The fraction of sp³-hybridized carbons (Fsp3) is 0.500. The monoisotopic (exact) mass is 267 g/mol. The van der Waals surface area contributed by atoms with E-state index in [1.807, 2.05) is 11.8 Å². The van der Waals surface area contributed by atoms with E-state index in [0.717, 1.165) is 6.54 Å². The van der Waals surface area contributed by atoms with E-state index < -0.39 is 5.97 Å². The maximum Gasteiger partial charge on any atom is 0.340 e. The first-order chi connectivity index (χ1) is 8.60. The smallest absolute Gasteiger partial charge is 0.340 e. The first-order valence-corrected chi connectivity index (χ1v) is 6.95. The summed E-state index contributed by atoms with van der Waals surface area (Å²) in [4.78, 5) is 15.7. The molecule has 0 radical (unpaired) electrons. The van der Waals surface area contributed by atoms with Gasteiger partial charge in [-0.15, -0.1) is 0 Å². The number of carbonyl (C=O) groups excluding carboxylic acids is 1. The molecule has 0 atom stereocenters. The van der Waals surface area contributed by atoms with Gasteiger partial charge in [-0.1, -0.05) is 0 Å². The Morgan fingerprint density at radius 2 is 2.39 bits per heavy atom. The number of rotatable bonds is 5. The molecule has 1 aliphatic carbocycles. The molecule has 1 aliphatic rings. The Hall–Kier alpha value is -1.43. The van der Waals surface area contributed by atoms with Crippen molar-refractivity contribution in [1.82, 2.24) is 4.98 Å². The standard InChI is InChI=1S/C12H17N3O2S/c1-17-11(16)8-5-10(14-6-9(8)13)15-7-12(18-2)3-4-12/h5-6H,3-4,7,13H2,1-2H3,(H,14,15). The molecule has 0 saturated heterocycles. The predicted octanol–water partition coefficient (Wildman–Crippen LogP) is 1.76. The second-order valence-electron chi connectivity index (χ2n) is 4.39. The molecule has 1 aromatic rings. The summed E-state index contributed by atoms with van der Waals surface area (Å²) in [6, 6.07) is 1.64. The van der Waals surface area contributed by atoms with Crippen molar-refractivity contribution in [3.63, 3.8) is 0 Å². The lowest BCUT2D eigenvalue weighted by atomic mass is 10.2.